The number of hydrogen-bond acceptors (Lipinski definition) is 4. The summed E-state index contributed by atoms with van der Waals surface area (Å²) in [5, 5.41) is 3.13. The molecule has 0 spiro atoms. The normalized spacial score (nSPS) is 11.2. The van der Waals surface area contributed by atoms with E-state index >= 15 is 0 Å². The zero-order chi connectivity index (χ0) is 22.1. The minimum Gasteiger partial charge on any atom is -0.494 e. The largest absolute Gasteiger partial charge is 0.494 e. The Morgan fingerprint density at radius 1 is 1.17 bits per heavy atom. The summed E-state index contributed by atoms with van der Waals surface area (Å²) in [6, 6.07) is 11.8. The van der Waals surface area contributed by atoms with Gasteiger partial charge in [-0.3, -0.25) is 9.59 Å². The molecule has 30 heavy (non-hydrogen) atoms. The minimum absolute atomic E-state index is 0.221. The third kappa shape index (κ3) is 4.33. The number of carbonyl (C=O) groups excluding carboxylic acids is 1. The Balaban J connectivity index is 2.17. The molecule has 0 aliphatic heterocycles. The molecule has 1 heterocycles. The quantitative estimate of drug-likeness (QED) is 0.521. The van der Waals surface area contributed by atoms with E-state index in [1.807, 2.05) is 26.8 Å². The van der Waals surface area contributed by atoms with Crippen LogP contribution in [0.1, 0.15) is 36.7 Å². The molecule has 0 aliphatic rings. The molecule has 1 amide bonds. The minimum atomic E-state index is -0.405. The molecule has 1 aromatic heterocycles. The van der Waals surface area contributed by atoms with Crippen LogP contribution in [0.2, 0.25) is 5.02 Å². The highest BCUT2D eigenvalue weighted by atomic mass is 35.5. The van der Waals surface area contributed by atoms with Crippen LogP contribution in [0.25, 0.3) is 11.1 Å². The van der Waals surface area contributed by atoms with Gasteiger partial charge in [-0.05, 0) is 53.4 Å². The molecule has 0 atom stereocenters. The number of anilines is 2. The van der Waals surface area contributed by atoms with E-state index in [0.29, 0.717) is 28.3 Å². The van der Waals surface area contributed by atoms with Crippen molar-refractivity contribution >= 4 is 28.9 Å². The van der Waals surface area contributed by atoms with Crippen molar-refractivity contribution < 1.29 is 9.53 Å². The Hall–Kier alpha value is -3.25. The van der Waals surface area contributed by atoms with Gasteiger partial charge in [0.1, 0.15) is 5.75 Å². The van der Waals surface area contributed by atoms with Gasteiger partial charge in [0.25, 0.3) is 11.5 Å². The molecule has 0 saturated carbocycles. The number of nitrogens with two attached hydrogens (primary N) is 1. The molecule has 0 radical (unpaired) electrons. The van der Waals surface area contributed by atoms with Crippen molar-refractivity contribution in [2.24, 2.45) is 0 Å². The maximum Gasteiger partial charge on any atom is 0.257 e. The molecule has 4 N–H and O–H groups in total. The number of carbonyl (C=O) groups is 1. The Morgan fingerprint density at radius 2 is 1.90 bits per heavy atom. The number of benzene rings is 2. The van der Waals surface area contributed by atoms with Crippen LogP contribution in [0.4, 0.5) is 11.4 Å². The van der Waals surface area contributed by atoms with Gasteiger partial charge in [0.15, 0.2) is 0 Å². The van der Waals surface area contributed by atoms with Crippen LogP contribution in [0.15, 0.2) is 53.5 Å². The molecule has 0 fully saturated rings. The lowest BCUT2D eigenvalue weighted by atomic mass is 9.84. The van der Waals surface area contributed by atoms with Gasteiger partial charge in [-0.2, -0.15) is 0 Å². The molecule has 6 nitrogen and oxygen atoms in total. The first-order valence-electron chi connectivity index (χ1n) is 9.39. The highest BCUT2D eigenvalue weighted by Crippen LogP contribution is 2.40. The summed E-state index contributed by atoms with van der Waals surface area (Å²) >= 11 is 6.20. The second kappa shape index (κ2) is 8.24. The number of methoxy groups -OCH3 is 1. The van der Waals surface area contributed by atoms with Crippen LogP contribution < -0.4 is 21.3 Å². The van der Waals surface area contributed by atoms with Crippen LogP contribution in [0, 0.1) is 0 Å². The number of pyridine rings is 1. The van der Waals surface area contributed by atoms with E-state index < -0.39 is 5.91 Å². The van der Waals surface area contributed by atoms with Crippen molar-refractivity contribution in [1.29, 1.82) is 0 Å². The first-order valence-corrected chi connectivity index (χ1v) is 9.76. The van der Waals surface area contributed by atoms with Crippen molar-refractivity contribution in [1.82, 2.24) is 4.98 Å². The maximum absolute atomic E-state index is 12.9. The summed E-state index contributed by atoms with van der Waals surface area (Å²) in [5.41, 5.74) is 8.41. The SMILES string of the molecule is COc1c(NC(=O)c2ccc(N)cc2Cl)cc(-c2ccc[nH]c2=O)cc1C(C)(C)C. The Kier molecular flexibility index (Phi) is 5.89. The van der Waals surface area contributed by atoms with Crippen molar-refractivity contribution in [2.75, 3.05) is 18.2 Å². The second-order valence-corrected chi connectivity index (χ2v) is 8.37. The number of ether oxygens (including phenoxy) is 1. The van der Waals surface area contributed by atoms with Crippen LogP contribution in [-0.2, 0) is 5.41 Å². The Labute approximate surface area is 180 Å². The monoisotopic (exact) mass is 425 g/mol. The molecule has 7 heteroatoms. The smallest absolute Gasteiger partial charge is 0.257 e. The van der Waals surface area contributed by atoms with Crippen LogP contribution in [0.3, 0.4) is 0 Å². The molecule has 156 valence electrons. The van der Waals surface area contributed by atoms with Gasteiger partial charge < -0.3 is 20.8 Å². The molecule has 0 unspecified atom stereocenters. The van der Waals surface area contributed by atoms with Gasteiger partial charge in [-0.25, -0.2) is 0 Å². The van der Waals surface area contributed by atoms with E-state index in [0.717, 1.165) is 5.56 Å². The van der Waals surface area contributed by atoms with Crippen LogP contribution >= 0.6 is 11.6 Å². The van der Waals surface area contributed by atoms with E-state index in [9.17, 15) is 9.59 Å². The molecule has 3 rings (SSSR count). The van der Waals surface area contributed by atoms with Gasteiger partial charge in [0.05, 0.1) is 23.4 Å². The fourth-order valence-corrected chi connectivity index (χ4v) is 3.48. The summed E-state index contributed by atoms with van der Waals surface area (Å²) in [4.78, 5) is 28.0. The second-order valence-electron chi connectivity index (χ2n) is 7.96. The third-order valence-electron chi connectivity index (χ3n) is 4.72. The summed E-state index contributed by atoms with van der Waals surface area (Å²) in [6.07, 6.45) is 1.58. The average molecular weight is 426 g/mol. The van der Waals surface area contributed by atoms with E-state index in [-0.39, 0.29) is 21.6 Å². The first kappa shape index (κ1) is 21.5. The lowest BCUT2D eigenvalue weighted by Crippen LogP contribution is -2.18. The number of amides is 1. The summed E-state index contributed by atoms with van der Waals surface area (Å²) < 4.78 is 5.66. The predicted molar refractivity (Wildman–Crippen MR) is 122 cm³/mol. The Morgan fingerprint density at radius 3 is 2.50 bits per heavy atom. The molecule has 2 aromatic carbocycles. The van der Waals surface area contributed by atoms with Crippen molar-refractivity contribution in [3.05, 3.63) is 75.2 Å². The van der Waals surface area contributed by atoms with Crippen molar-refractivity contribution in [3.8, 4) is 16.9 Å². The zero-order valence-electron chi connectivity index (χ0n) is 17.3. The van der Waals surface area contributed by atoms with E-state index in [2.05, 4.69) is 10.3 Å². The first-order chi connectivity index (χ1) is 14.1. The highest BCUT2D eigenvalue weighted by Gasteiger charge is 2.25. The van der Waals surface area contributed by atoms with Gasteiger partial charge in [0, 0.05) is 23.0 Å². The molecule has 0 aliphatic carbocycles. The van der Waals surface area contributed by atoms with Gasteiger partial charge in [-0.1, -0.05) is 32.4 Å². The number of aromatic nitrogens is 1. The van der Waals surface area contributed by atoms with E-state index in [1.165, 1.54) is 6.07 Å². The fraction of sp³-hybridized carbons (Fsp3) is 0.217. The number of rotatable bonds is 4. The van der Waals surface area contributed by atoms with Crippen LogP contribution in [-0.4, -0.2) is 18.0 Å². The van der Waals surface area contributed by atoms with E-state index in [4.69, 9.17) is 22.1 Å². The number of halogens is 1. The molecular formula is C23H24ClN3O3. The number of H-pyrrole nitrogens is 1. The molecule has 0 saturated heterocycles. The van der Waals surface area contributed by atoms with Gasteiger partial charge in [-0.15, -0.1) is 0 Å². The lowest BCUT2D eigenvalue weighted by Gasteiger charge is -2.25. The third-order valence-corrected chi connectivity index (χ3v) is 5.03. The number of hydrogen-bond donors (Lipinski definition) is 3. The highest BCUT2D eigenvalue weighted by molar-refractivity contribution is 6.34. The van der Waals surface area contributed by atoms with E-state index in [1.54, 1.807) is 43.6 Å². The molecule has 3 aromatic rings. The number of nitrogen functional groups attached to an aromatic ring is 1. The number of aromatic amines is 1. The average Bonchev–Trinajstić information content (AvgIpc) is 2.67. The topological polar surface area (TPSA) is 97.2 Å². The summed E-state index contributed by atoms with van der Waals surface area (Å²) in [7, 11) is 1.55. The van der Waals surface area contributed by atoms with Crippen LogP contribution in [0.5, 0.6) is 5.75 Å². The van der Waals surface area contributed by atoms with Gasteiger partial charge >= 0.3 is 0 Å². The van der Waals surface area contributed by atoms with Crippen molar-refractivity contribution in [3.63, 3.8) is 0 Å². The zero-order valence-corrected chi connectivity index (χ0v) is 18.1. The summed E-state index contributed by atoms with van der Waals surface area (Å²) in [5.74, 6) is 0.121. The Bertz CT molecular complexity index is 1160. The van der Waals surface area contributed by atoms with Gasteiger partial charge in [0.2, 0.25) is 0 Å². The standard InChI is InChI=1S/C23H24ClN3O3/c1-23(2,3)17-10-13(15-6-5-9-26-21(15)28)11-19(20(17)30-4)27-22(29)16-8-7-14(25)12-18(16)24/h5-12H,25H2,1-4H3,(H,26,28)(H,27,29). The predicted octanol–water partition coefficient (Wildman–Crippen LogP) is 4.84. The lowest BCUT2D eigenvalue weighted by molar-refractivity contribution is 0.102. The molecular weight excluding hydrogens is 402 g/mol. The molecule has 0 bridgehead atoms. The maximum atomic E-state index is 12.9. The number of nitrogens with one attached hydrogen (secondary N) is 2. The fourth-order valence-electron chi connectivity index (χ4n) is 3.21. The summed E-state index contributed by atoms with van der Waals surface area (Å²) in [6.45, 7) is 6.10. The van der Waals surface area contributed by atoms with Crippen molar-refractivity contribution in [2.45, 2.75) is 26.2 Å².